The minimum atomic E-state index is -5.08. The lowest BCUT2D eigenvalue weighted by atomic mass is 9.95. The fourth-order valence-corrected chi connectivity index (χ4v) is 4.00. The van der Waals surface area contributed by atoms with Gasteiger partial charge in [0.15, 0.2) is 0 Å². The average Bonchev–Trinajstić information content (AvgIpc) is 3.17. The minimum Gasteiger partial charge on any atom is -0.486 e. The van der Waals surface area contributed by atoms with Gasteiger partial charge in [-0.3, -0.25) is 0 Å². The van der Waals surface area contributed by atoms with E-state index in [1.807, 2.05) is 30.3 Å². The number of nitrogens with zero attached hydrogens (tertiary/aromatic N) is 2. The van der Waals surface area contributed by atoms with Gasteiger partial charge in [0, 0.05) is 11.6 Å². The van der Waals surface area contributed by atoms with Crippen LogP contribution in [-0.4, -0.2) is 39.9 Å². The maximum atomic E-state index is 10.6. The third-order valence-corrected chi connectivity index (χ3v) is 5.80. The summed E-state index contributed by atoms with van der Waals surface area (Å²) in [6, 6.07) is 15.8. The zero-order valence-electron chi connectivity index (χ0n) is 18.5. The van der Waals surface area contributed by atoms with Crippen LogP contribution >= 0.6 is 11.6 Å². The van der Waals surface area contributed by atoms with Crippen molar-refractivity contribution in [3.63, 3.8) is 0 Å². The lowest BCUT2D eigenvalue weighted by Gasteiger charge is -2.22. The van der Waals surface area contributed by atoms with Crippen molar-refractivity contribution in [3.05, 3.63) is 59.4 Å². The van der Waals surface area contributed by atoms with Gasteiger partial charge in [0.1, 0.15) is 18.2 Å². The van der Waals surface area contributed by atoms with E-state index in [4.69, 9.17) is 31.2 Å². The Morgan fingerprint density at radius 2 is 1.91 bits per heavy atom. The van der Waals surface area contributed by atoms with Crippen molar-refractivity contribution in [1.29, 1.82) is 0 Å². The number of ether oxygens (including phenoxy) is 1. The van der Waals surface area contributed by atoms with Crippen LogP contribution in [0.5, 0.6) is 5.75 Å². The van der Waals surface area contributed by atoms with E-state index in [9.17, 15) is 13.2 Å². The third kappa shape index (κ3) is 7.63. The minimum absolute atomic E-state index is 0.460. The van der Waals surface area contributed by atoms with Crippen LogP contribution in [0.15, 0.2) is 48.5 Å². The lowest BCUT2D eigenvalue weighted by molar-refractivity contribution is -0.192. The molecular formula is C24H27ClF3N3O3. The number of carboxylic acid groups (broad SMARTS) is 1. The molecule has 0 saturated carbocycles. The maximum Gasteiger partial charge on any atom is 0.490 e. The van der Waals surface area contributed by atoms with Crippen molar-refractivity contribution >= 4 is 28.6 Å². The van der Waals surface area contributed by atoms with Crippen LogP contribution in [0.1, 0.15) is 31.5 Å². The highest BCUT2D eigenvalue weighted by Gasteiger charge is 2.38. The first-order valence-corrected chi connectivity index (χ1v) is 11.4. The fraction of sp³-hybridized carbons (Fsp3) is 0.417. The third-order valence-electron chi connectivity index (χ3n) is 5.55. The van der Waals surface area contributed by atoms with Crippen LogP contribution in [0.3, 0.4) is 0 Å². The molecule has 3 aromatic rings. The number of carbonyl (C=O) groups is 1. The van der Waals surface area contributed by atoms with E-state index >= 15 is 0 Å². The fourth-order valence-electron chi connectivity index (χ4n) is 3.87. The molecule has 1 aliphatic rings. The van der Waals surface area contributed by atoms with E-state index in [1.165, 1.54) is 37.7 Å². The van der Waals surface area contributed by atoms with Gasteiger partial charge in [0.2, 0.25) is 0 Å². The van der Waals surface area contributed by atoms with Gasteiger partial charge < -0.3 is 19.7 Å². The zero-order chi connectivity index (χ0) is 24.6. The van der Waals surface area contributed by atoms with Crippen LogP contribution in [0.4, 0.5) is 13.2 Å². The summed E-state index contributed by atoms with van der Waals surface area (Å²) in [6.07, 6.45) is 0.000695. The van der Waals surface area contributed by atoms with Crippen LogP contribution < -0.4 is 10.1 Å². The number of rotatable bonds is 7. The number of hydrogen-bond donors (Lipinski definition) is 2. The van der Waals surface area contributed by atoms with Crippen molar-refractivity contribution in [1.82, 2.24) is 14.9 Å². The molecule has 2 heterocycles. The van der Waals surface area contributed by atoms with Crippen molar-refractivity contribution in [3.8, 4) is 5.75 Å². The molecule has 1 saturated heterocycles. The normalized spacial score (nSPS) is 16.1. The molecule has 0 aliphatic carbocycles. The number of imidazole rings is 1. The average molecular weight is 498 g/mol. The highest BCUT2D eigenvalue weighted by atomic mass is 35.5. The number of carboxylic acids is 1. The largest absolute Gasteiger partial charge is 0.490 e. The Morgan fingerprint density at radius 1 is 1.21 bits per heavy atom. The molecule has 1 fully saturated rings. The molecule has 184 valence electrons. The summed E-state index contributed by atoms with van der Waals surface area (Å²) in [5.74, 6) is -0.158. The summed E-state index contributed by atoms with van der Waals surface area (Å²) in [4.78, 5) is 13.7. The smallest absolute Gasteiger partial charge is 0.486 e. The number of benzene rings is 2. The predicted octanol–water partition coefficient (Wildman–Crippen LogP) is 5.68. The SMILES string of the molecule is Clc1ccc(OCc2nc3ccccc3n2CCCC2CCCNC2)cc1.O=C(O)C(F)(F)F. The highest BCUT2D eigenvalue weighted by molar-refractivity contribution is 6.30. The van der Waals surface area contributed by atoms with E-state index in [0.717, 1.165) is 36.1 Å². The first kappa shape index (κ1) is 25.8. The quantitative estimate of drug-likeness (QED) is 0.439. The van der Waals surface area contributed by atoms with E-state index in [2.05, 4.69) is 28.1 Å². The van der Waals surface area contributed by atoms with Crippen molar-refractivity contribution in [2.24, 2.45) is 5.92 Å². The van der Waals surface area contributed by atoms with Crippen LogP contribution in [-0.2, 0) is 17.9 Å². The molecule has 2 aromatic carbocycles. The molecule has 10 heteroatoms. The summed E-state index contributed by atoms with van der Waals surface area (Å²) < 4.78 is 40.0. The second-order valence-corrected chi connectivity index (χ2v) is 8.50. The van der Waals surface area contributed by atoms with Crippen LogP contribution in [0.25, 0.3) is 11.0 Å². The Hall–Kier alpha value is -2.78. The summed E-state index contributed by atoms with van der Waals surface area (Å²) in [5, 5.41) is 11.4. The van der Waals surface area contributed by atoms with Gasteiger partial charge in [-0.25, -0.2) is 9.78 Å². The molecule has 34 heavy (non-hydrogen) atoms. The summed E-state index contributed by atoms with van der Waals surface area (Å²) in [6.45, 7) is 3.78. The van der Waals surface area contributed by atoms with Gasteiger partial charge in [0.05, 0.1) is 11.0 Å². The number of aryl methyl sites for hydroxylation is 1. The number of piperidine rings is 1. The second kappa shape index (κ2) is 12.1. The molecule has 0 radical (unpaired) electrons. The molecule has 1 aliphatic heterocycles. The van der Waals surface area contributed by atoms with Gasteiger partial charge in [0.25, 0.3) is 0 Å². The van der Waals surface area contributed by atoms with Gasteiger partial charge >= 0.3 is 12.1 Å². The molecule has 0 bridgehead atoms. The summed E-state index contributed by atoms with van der Waals surface area (Å²) in [5.41, 5.74) is 2.22. The van der Waals surface area contributed by atoms with Crippen molar-refractivity contribution in [2.75, 3.05) is 13.1 Å². The molecule has 1 atom stereocenters. The number of hydrogen-bond acceptors (Lipinski definition) is 4. The molecular weight excluding hydrogens is 471 g/mol. The standard InChI is InChI=1S/C22H26ClN3O.C2HF3O2/c23-18-9-11-19(12-10-18)27-16-22-25-20-7-1-2-8-21(20)26(22)14-4-6-17-5-3-13-24-15-17;3-2(4,5)1(6)7/h1-2,7-12,17,24H,3-6,13-16H2;(H,6,7). The van der Waals surface area contributed by atoms with E-state index in [1.54, 1.807) is 0 Å². The molecule has 1 unspecified atom stereocenters. The van der Waals surface area contributed by atoms with E-state index < -0.39 is 12.1 Å². The predicted molar refractivity (Wildman–Crippen MR) is 124 cm³/mol. The number of fused-ring (bicyclic) bond motifs is 1. The van der Waals surface area contributed by atoms with Crippen LogP contribution in [0, 0.1) is 5.92 Å². The molecule has 0 spiro atoms. The summed E-state index contributed by atoms with van der Waals surface area (Å²) >= 11 is 5.95. The number of halogens is 4. The first-order valence-electron chi connectivity index (χ1n) is 11.1. The molecule has 6 nitrogen and oxygen atoms in total. The topological polar surface area (TPSA) is 76.4 Å². The van der Waals surface area contributed by atoms with Gasteiger partial charge in [-0.2, -0.15) is 13.2 Å². The maximum absolute atomic E-state index is 10.6. The molecule has 4 rings (SSSR count). The van der Waals surface area contributed by atoms with Gasteiger partial charge in [-0.15, -0.1) is 0 Å². The molecule has 0 amide bonds. The Kier molecular flexibility index (Phi) is 9.18. The van der Waals surface area contributed by atoms with E-state index in [-0.39, 0.29) is 0 Å². The lowest BCUT2D eigenvalue weighted by Crippen LogP contribution is -2.29. The Balaban J connectivity index is 0.000000406. The number of nitrogens with one attached hydrogen (secondary N) is 1. The van der Waals surface area contributed by atoms with Gasteiger partial charge in [-0.05, 0) is 81.1 Å². The molecule has 2 N–H and O–H groups in total. The Morgan fingerprint density at radius 3 is 2.56 bits per heavy atom. The first-order chi connectivity index (χ1) is 16.2. The monoisotopic (exact) mass is 497 g/mol. The number of aromatic nitrogens is 2. The van der Waals surface area contributed by atoms with Crippen LogP contribution in [0.2, 0.25) is 5.02 Å². The number of alkyl halides is 3. The van der Waals surface area contributed by atoms with Gasteiger partial charge in [-0.1, -0.05) is 23.7 Å². The summed E-state index contributed by atoms with van der Waals surface area (Å²) in [7, 11) is 0. The Labute approximate surface area is 200 Å². The van der Waals surface area contributed by atoms with Crippen molar-refractivity contribution < 1.29 is 27.8 Å². The Bertz CT molecular complexity index is 1060. The second-order valence-electron chi connectivity index (χ2n) is 8.07. The van der Waals surface area contributed by atoms with E-state index in [0.29, 0.717) is 11.6 Å². The number of para-hydroxylation sites is 2. The highest BCUT2D eigenvalue weighted by Crippen LogP contribution is 2.22. The zero-order valence-corrected chi connectivity index (χ0v) is 19.3. The number of aliphatic carboxylic acids is 1. The molecule has 1 aromatic heterocycles. The van der Waals surface area contributed by atoms with Crippen molar-refractivity contribution in [2.45, 2.75) is 45.0 Å².